The Morgan fingerprint density at radius 2 is 2.00 bits per heavy atom. The van der Waals surface area contributed by atoms with Gasteiger partial charge in [-0.25, -0.2) is 0 Å². The van der Waals surface area contributed by atoms with Gasteiger partial charge in [0, 0.05) is 18.9 Å². The van der Waals surface area contributed by atoms with Crippen LogP contribution in [0.1, 0.15) is 79.6 Å². The van der Waals surface area contributed by atoms with Crippen molar-refractivity contribution >= 4 is 5.78 Å². The van der Waals surface area contributed by atoms with Gasteiger partial charge in [0.25, 0.3) is 0 Å². The molecule has 2 unspecified atom stereocenters. The van der Waals surface area contributed by atoms with Crippen molar-refractivity contribution in [1.29, 1.82) is 0 Å². The molecule has 1 saturated carbocycles. The first-order valence-corrected chi connectivity index (χ1v) is 8.81. The zero-order valence-corrected chi connectivity index (χ0v) is 14.6. The molecule has 124 valence electrons. The number of rotatable bonds is 9. The number of carbonyl (C=O) groups is 1. The molecule has 0 aromatic carbocycles. The summed E-state index contributed by atoms with van der Waals surface area (Å²) >= 11 is 0. The van der Waals surface area contributed by atoms with Gasteiger partial charge in [0.05, 0.1) is 5.60 Å². The molecule has 0 N–H and O–H groups in total. The van der Waals surface area contributed by atoms with Gasteiger partial charge in [-0.3, -0.25) is 4.79 Å². The fourth-order valence-corrected chi connectivity index (χ4v) is 3.84. The molecule has 3 nitrogen and oxygen atoms in total. The number of unbranched alkanes of at least 4 members (excludes halogenated alkanes) is 1. The predicted molar refractivity (Wildman–Crippen MR) is 86.2 cm³/mol. The van der Waals surface area contributed by atoms with Gasteiger partial charge in [-0.05, 0) is 39.0 Å². The molecule has 1 rings (SSSR count). The average Bonchev–Trinajstić information content (AvgIpc) is 2.41. The van der Waals surface area contributed by atoms with E-state index in [1.54, 1.807) is 0 Å². The minimum Gasteiger partial charge on any atom is -0.353 e. The maximum atomic E-state index is 12.6. The van der Waals surface area contributed by atoms with Gasteiger partial charge in [0.2, 0.25) is 0 Å². The minimum atomic E-state index is -0.310. The molecule has 0 aliphatic heterocycles. The molecule has 0 radical (unpaired) electrons. The van der Waals surface area contributed by atoms with Crippen LogP contribution in [0.15, 0.2) is 0 Å². The molecular formula is C18H34O3. The minimum absolute atomic E-state index is 0.0492. The highest BCUT2D eigenvalue weighted by Crippen LogP contribution is 2.44. The quantitative estimate of drug-likeness (QED) is 0.577. The highest BCUT2D eigenvalue weighted by molar-refractivity contribution is 5.83. The van der Waals surface area contributed by atoms with Crippen molar-refractivity contribution in [2.75, 3.05) is 6.61 Å². The number of hydrogen-bond donors (Lipinski definition) is 0. The van der Waals surface area contributed by atoms with E-state index in [4.69, 9.17) is 9.47 Å². The summed E-state index contributed by atoms with van der Waals surface area (Å²) in [5.74, 6) is 0.861. The molecule has 4 atom stereocenters. The first-order valence-electron chi connectivity index (χ1n) is 8.81. The molecule has 0 aromatic heterocycles. The van der Waals surface area contributed by atoms with E-state index in [0.717, 1.165) is 38.5 Å². The van der Waals surface area contributed by atoms with Crippen molar-refractivity contribution in [2.45, 2.75) is 91.5 Å². The summed E-state index contributed by atoms with van der Waals surface area (Å²) in [6.45, 7) is 11.1. The second-order valence-corrected chi connectivity index (χ2v) is 6.63. The zero-order valence-electron chi connectivity index (χ0n) is 14.6. The van der Waals surface area contributed by atoms with Crippen LogP contribution in [0.25, 0.3) is 0 Å². The Balaban J connectivity index is 2.98. The van der Waals surface area contributed by atoms with Crippen molar-refractivity contribution in [3.8, 4) is 0 Å². The van der Waals surface area contributed by atoms with E-state index in [1.165, 1.54) is 0 Å². The van der Waals surface area contributed by atoms with E-state index in [1.807, 2.05) is 13.8 Å². The van der Waals surface area contributed by atoms with Crippen LogP contribution >= 0.6 is 0 Å². The van der Waals surface area contributed by atoms with E-state index in [-0.39, 0.29) is 17.8 Å². The van der Waals surface area contributed by atoms with E-state index < -0.39 is 0 Å². The summed E-state index contributed by atoms with van der Waals surface area (Å²) in [6.07, 6.45) is 6.66. The second-order valence-electron chi connectivity index (χ2n) is 6.63. The number of ether oxygens (including phenoxy) is 2. The summed E-state index contributed by atoms with van der Waals surface area (Å²) in [6, 6.07) is 0. The first kappa shape index (κ1) is 18.6. The van der Waals surface area contributed by atoms with Gasteiger partial charge in [-0.15, -0.1) is 0 Å². The topological polar surface area (TPSA) is 35.5 Å². The van der Waals surface area contributed by atoms with E-state index in [9.17, 15) is 4.79 Å². The zero-order chi connectivity index (χ0) is 15.9. The fourth-order valence-electron chi connectivity index (χ4n) is 3.84. The molecule has 0 spiro atoms. The van der Waals surface area contributed by atoms with Crippen molar-refractivity contribution in [3.05, 3.63) is 0 Å². The number of carbonyl (C=O) groups excluding carboxylic acids is 1. The fraction of sp³-hybridized carbons (Fsp3) is 0.944. The van der Waals surface area contributed by atoms with Crippen LogP contribution in [0.4, 0.5) is 0 Å². The van der Waals surface area contributed by atoms with Gasteiger partial charge in [-0.1, -0.05) is 40.0 Å². The van der Waals surface area contributed by atoms with Gasteiger partial charge < -0.3 is 9.47 Å². The molecule has 0 bridgehead atoms. The van der Waals surface area contributed by atoms with Crippen LogP contribution in [0.3, 0.4) is 0 Å². The third-order valence-corrected chi connectivity index (χ3v) is 4.60. The van der Waals surface area contributed by atoms with Crippen LogP contribution in [0, 0.1) is 11.8 Å². The smallest absolute Gasteiger partial charge is 0.155 e. The van der Waals surface area contributed by atoms with E-state index in [2.05, 4.69) is 20.8 Å². The predicted octanol–water partition coefficient (Wildman–Crippen LogP) is 4.73. The summed E-state index contributed by atoms with van der Waals surface area (Å²) in [7, 11) is 0. The third kappa shape index (κ3) is 5.07. The summed E-state index contributed by atoms with van der Waals surface area (Å²) in [5.41, 5.74) is -0.310. The van der Waals surface area contributed by atoms with Gasteiger partial charge in [-0.2, -0.15) is 0 Å². The largest absolute Gasteiger partial charge is 0.353 e. The van der Waals surface area contributed by atoms with Crippen LogP contribution in [-0.4, -0.2) is 24.3 Å². The van der Waals surface area contributed by atoms with Crippen LogP contribution < -0.4 is 0 Å². The Kier molecular flexibility index (Phi) is 7.89. The Morgan fingerprint density at radius 1 is 1.29 bits per heavy atom. The molecule has 21 heavy (non-hydrogen) atoms. The highest BCUT2D eigenvalue weighted by atomic mass is 16.7. The maximum absolute atomic E-state index is 12.6. The lowest BCUT2D eigenvalue weighted by molar-refractivity contribution is -0.232. The number of ketones is 1. The summed E-state index contributed by atoms with van der Waals surface area (Å²) in [5, 5.41) is 0. The third-order valence-electron chi connectivity index (χ3n) is 4.60. The lowest BCUT2D eigenvalue weighted by atomic mass is 9.66. The van der Waals surface area contributed by atoms with Crippen LogP contribution in [-0.2, 0) is 14.3 Å². The van der Waals surface area contributed by atoms with Crippen molar-refractivity contribution < 1.29 is 14.3 Å². The standard InChI is InChI=1S/C18H34O3/c1-6-9-11-18(21-15(5)20-8-3)13-14(4)12-17(19)16(18)10-7-2/h14-16H,6-13H2,1-5H3/t14?,15?,16-,18+/m0/s1. The molecule has 0 aromatic rings. The monoisotopic (exact) mass is 298 g/mol. The van der Waals surface area contributed by atoms with Crippen LogP contribution in [0.2, 0.25) is 0 Å². The normalized spacial score (nSPS) is 31.4. The molecule has 0 heterocycles. The Hall–Kier alpha value is -0.410. The lowest BCUT2D eigenvalue weighted by Crippen LogP contribution is -2.51. The molecular weight excluding hydrogens is 264 g/mol. The number of Topliss-reactive ketones (excluding diaryl/α,β-unsaturated/α-hetero) is 1. The Labute approximate surface area is 130 Å². The molecule has 0 amide bonds. The van der Waals surface area contributed by atoms with Crippen molar-refractivity contribution in [2.24, 2.45) is 11.8 Å². The van der Waals surface area contributed by atoms with Gasteiger partial charge >= 0.3 is 0 Å². The maximum Gasteiger partial charge on any atom is 0.155 e. The average molecular weight is 298 g/mol. The van der Waals surface area contributed by atoms with Gasteiger partial charge in [0.15, 0.2) is 6.29 Å². The number of hydrogen-bond acceptors (Lipinski definition) is 3. The first-order chi connectivity index (χ1) is 9.99. The van der Waals surface area contributed by atoms with E-state index >= 15 is 0 Å². The molecule has 1 aliphatic rings. The summed E-state index contributed by atoms with van der Waals surface area (Å²) in [4.78, 5) is 12.6. The Bertz CT molecular complexity index is 316. The van der Waals surface area contributed by atoms with Crippen molar-refractivity contribution in [3.63, 3.8) is 0 Å². The molecule has 0 saturated heterocycles. The SMILES string of the molecule is CCCC[C@@]1(OC(C)OCC)CC(C)CC(=O)[C@@H]1CCC. The van der Waals surface area contributed by atoms with E-state index in [0.29, 0.717) is 24.7 Å². The van der Waals surface area contributed by atoms with Crippen molar-refractivity contribution in [1.82, 2.24) is 0 Å². The lowest BCUT2D eigenvalue weighted by Gasteiger charge is -2.46. The molecule has 1 fully saturated rings. The van der Waals surface area contributed by atoms with Gasteiger partial charge in [0.1, 0.15) is 5.78 Å². The van der Waals surface area contributed by atoms with Crippen LogP contribution in [0.5, 0.6) is 0 Å². The Morgan fingerprint density at radius 3 is 2.57 bits per heavy atom. The molecule has 1 aliphatic carbocycles. The second kappa shape index (κ2) is 8.89. The summed E-state index contributed by atoms with van der Waals surface area (Å²) < 4.78 is 12.0. The highest BCUT2D eigenvalue weighted by Gasteiger charge is 2.48. The molecule has 3 heteroatoms.